The topological polar surface area (TPSA) is 116 Å². The number of alkyl halides is 3. The fourth-order valence-corrected chi connectivity index (χ4v) is 2.69. The summed E-state index contributed by atoms with van der Waals surface area (Å²) in [6.07, 6.45) is -0.683. The second kappa shape index (κ2) is 10.2. The summed E-state index contributed by atoms with van der Waals surface area (Å²) < 4.78 is 46.7. The first-order valence-electron chi connectivity index (χ1n) is 9.24. The number of halogens is 4. The maximum absolute atomic E-state index is 12.4. The van der Waals surface area contributed by atoms with Gasteiger partial charge >= 0.3 is 6.18 Å². The Labute approximate surface area is 190 Å². The highest BCUT2D eigenvalue weighted by atomic mass is 35.5. The molecule has 0 fully saturated rings. The zero-order valence-electron chi connectivity index (χ0n) is 16.7. The fraction of sp³-hybridized carbons (Fsp3) is 0.143. The van der Waals surface area contributed by atoms with Crippen LogP contribution in [-0.2, 0) is 6.61 Å². The minimum absolute atomic E-state index is 0.0131. The number of aromatic nitrogens is 2. The van der Waals surface area contributed by atoms with Gasteiger partial charge in [0.1, 0.15) is 12.4 Å². The maximum atomic E-state index is 12.4. The van der Waals surface area contributed by atoms with Crippen LogP contribution in [-0.4, -0.2) is 34.6 Å². The molecule has 172 valence electrons. The molecule has 0 atom stereocenters. The van der Waals surface area contributed by atoms with Crippen molar-refractivity contribution < 1.29 is 32.2 Å². The molecule has 0 spiro atoms. The Morgan fingerprint density at radius 1 is 1.03 bits per heavy atom. The highest BCUT2D eigenvalue weighted by molar-refractivity contribution is 6.31. The van der Waals surface area contributed by atoms with Gasteiger partial charge in [-0.15, -0.1) is 0 Å². The van der Waals surface area contributed by atoms with Crippen LogP contribution in [0.5, 0.6) is 11.6 Å². The third kappa shape index (κ3) is 7.07. The molecule has 2 heterocycles. The molecule has 0 saturated carbocycles. The van der Waals surface area contributed by atoms with Gasteiger partial charge in [0.25, 0.3) is 5.91 Å². The third-order valence-corrected chi connectivity index (χ3v) is 4.45. The lowest BCUT2D eigenvalue weighted by Crippen LogP contribution is -2.19. The van der Waals surface area contributed by atoms with E-state index in [-0.39, 0.29) is 23.6 Å². The first-order chi connectivity index (χ1) is 15.6. The summed E-state index contributed by atoms with van der Waals surface area (Å²) in [6, 6.07) is 8.58. The molecule has 2 amide bonds. The van der Waals surface area contributed by atoms with Gasteiger partial charge in [0.15, 0.2) is 6.61 Å². The van der Waals surface area contributed by atoms with Gasteiger partial charge in [-0.25, -0.2) is 4.98 Å². The highest BCUT2D eigenvalue weighted by Gasteiger charge is 2.28. The van der Waals surface area contributed by atoms with Gasteiger partial charge in [-0.05, 0) is 30.3 Å². The molecule has 0 saturated heterocycles. The van der Waals surface area contributed by atoms with Crippen molar-refractivity contribution in [2.75, 3.05) is 11.9 Å². The third-order valence-electron chi connectivity index (χ3n) is 4.08. The van der Waals surface area contributed by atoms with Crippen molar-refractivity contribution in [3.8, 4) is 11.6 Å². The molecule has 0 aliphatic rings. The van der Waals surface area contributed by atoms with Crippen molar-refractivity contribution in [3.05, 3.63) is 76.7 Å². The predicted molar refractivity (Wildman–Crippen MR) is 112 cm³/mol. The molecule has 8 nitrogen and oxygen atoms in total. The van der Waals surface area contributed by atoms with Crippen molar-refractivity contribution >= 4 is 29.1 Å². The Hall–Kier alpha value is -3.86. The van der Waals surface area contributed by atoms with E-state index in [0.29, 0.717) is 22.0 Å². The van der Waals surface area contributed by atoms with Crippen LogP contribution in [0.25, 0.3) is 0 Å². The van der Waals surface area contributed by atoms with Crippen LogP contribution >= 0.6 is 11.6 Å². The van der Waals surface area contributed by atoms with Crippen LogP contribution in [0.3, 0.4) is 0 Å². The van der Waals surface area contributed by atoms with Gasteiger partial charge in [-0.3, -0.25) is 14.6 Å². The van der Waals surface area contributed by atoms with E-state index in [0.717, 1.165) is 12.3 Å². The van der Waals surface area contributed by atoms with Crippen molar-refractivity contribution in [2.24, 2.45) is 5.73 Å². The normalized spacial score (nSPS) is 11.0. The van der Waals surface area contributed by atoms with Crippen molar-refractivity contribution in [1.82, 2.24) is 9.97 Å². The molecular formula is C21H16ClF3N4O4. The van der Waals surface area contributed by atoms with E-state index in [2.05, 4.69) is 20.0 Å². The van der Waals surface area contributed by atoms with Gasteiger partial charge < -0.3 is 20.5 Å². The number of primary amides is 1. The number of benzene rings is 1. The van der Waals surface area contributed by atoms with Crippen LogP contribution in [0.15, 0.2) is 55.0 Å². The van der Waals surface area contributed by atoms with E-state index >= 15 is 0 Å². The van der Waals surface area contributed by atoms with Gasteiger partial charge in [0.05, 0.1) is 17.3 Å². The zero-order valence-corrected chi connectivity index (χ0v) is 17.5. The summed E-state index contributed by atoms with van der Waals surface area (Å²) >= 11 is 6.19. The maximum Gasteiger partial charge on any atom is 0.422 e. The second-order valence-corrected chi connectivity index (χ2v) is 7.02. The fourth-order valence-electron chi connectivity index (χ4n) is 2.52. The standard InChI is InChI=1S/C21H16ClF3N4O4/c22-17-3-2-15(5-14(17)10-32-16-6-13(19(26)30)7-27-9-16)29-20(31)12-1-4-18(28-8-12)33-11-21(23,24)25/h1-9H,10-11H2,(H2,26,30)(H,29,31). The van der Waals surface area contributed by atoms with E-state index in [1.54, 1.807) is 18.2 Å². The minimum Gasteiger partial charge on any atom is -0.487 e. The van der Waals surface area contributed by atoms with E-state index in [4.69, 9.17) is 22.1 Å². The van der Waals surface area contributed by atoms with Crippen molar-refractivity contribution in [3.63, 3.8) is 0 Å². The van der Waals surface area contributed by atoms with Gasteiger partial charge in [0.2, 0.25) is 11.8 Å². The number of amides is 2. The van der Waals surface area contributed by atoms with Crippen LogP contribution in [0, 0.1) is 0 Å². The molecular weight excluding hydrogens is 465 g/mol. The smallest absolute Gasteiger partial charge is 0.422 e. The number of nitrogens with zero attached hydrogens (tertiary/aromatic N) is 2. The summed E-state index contributed by atoms with van der Waals surface area (Å²) in [5.74, 6) is -1.15. The molecule has 0 aliphatic heterocycles. The first-order valence-corrected chi connectivity index (χ1v) is 9.61. The van der Waals surface area contributed by atoms with Gasteiger partial charge in [0, 0.05) is 34.7 Å². The Morgan fingerprint density at radius 2 is 1.82 bits per heavy atom. The van der Waals surface area contributed by atoms with Gasteiger partial charge in [-0.2, -0.15) is 13.2 Å². The average Bonchev–Trinajstić information content (AvgIpc) is 2.78. The number of hydrogen-bond donors (Lipinski definition) is 2. The summed E-state index contributed by atoms with van der Waals surface area (Å²) in [5.41, 5.74) is 6.44. The Morgan fingerprint density at radius 3 is 2.48 bits per heavy atom. The number of nitrogens with one attached hydrogen (secondary N) is 1. The quantitative estimate of drug-likeness (QED) is 0.503. The van der Waals surface area contributed by atoms with Crippen LogP contribution in [0.1, 0.15) is 26.3 Å². The molecule has 3 rings (SSSR count). The molecule has 0 aliphatic carbocycles. The summed E-state index contributed by atoms with van der Waals surface area (Å²) in [6.45, 7) is -1.47. The number of nitrogens with two attached hydrogens (primary N) is 1. The summed E-state index contributed by atoms with van der Waals surface area (Å²) in [4.78, 5) is 31.2. The Balaban J connectivity index is 1.63. The number of carbonyl (C=O) groups excluding carboxylic acids is 2. The second-order valence-electron chi connectivity index (χ2n) is 6.61. The molecule has 2 aromatic heterocycles. The Bertz CT molecular complexity index is 1160. The number of pyridine rings is 2. The average molecular weight is 481 g/mol. The Kier molecular flexibility index (Phi) is 7.34. The largest absolute Gasteiger partial charge is 0.487 e. The monoisotopic (exact) mass is 480 g/mol. The molecule has 0 bridgehead atoms. The number of rotatable bonds is 8. The highest BCUT2D eigenvalue weighted by Crippen LogP contribution is 2.23. The lowest BCUT2D eigenvalue weighted by atomic mass is 10.2. The number of hydrogen-bond acceptors (Lipinski definition) is 6. The van der Waals surface area contributed by atoms with E-state index < -0.39 is 24.6 Å². The first kappa shape index (κ1) is 23.8. The van der Waals surface area contributed by atoms with Gasteiger partial charge in [-0.1, -0.05) is 11.6 Å². The predicted octanol–water partition coefficient (Wildman–Crippen LogP) is 4.00. The van der Waals surface area contributed by atoms with Crippen LogP contribution in [0.2, 0.25) is 5.02 Å². The SMILES string of the molecule is NC(=O)c1cncc(OCc2cc(NC(=O)c3ccc(OCC(F)(F)F)nc3)ccc2Cl)c1. The molecule has 12 heteroatoms. The van der Waals surface area contributed by atoms with Crippen molar-refractivity contribution in [1.29, 1.82) is 0 Å². The van der Waals surface area contributed by atoms with E-state index in [9.17, 15) is 22.8 Å². The zero-order chi connectivity index (χ0) is 24.0. The molecule has 1 aromatic carbocycles. The molecule has 33 heavy (non-hydrogen) atoms. The lowest BCUT2D eigenvalue weighted by molar-refractivity contribution is -0.154. The summed E-state index contributed by atoms with van der Waals surface area (Å²) in [5, 5.41) is 3.01. The summed E-state index contributed by atoms with van der Waals surface area (Å²) in [7, 11) is 0. The molecule has 3 N–H and O–H groups in total. The lowest BCUT2D eigenvalue weighted by Gasteiger charge is -2.11. The van der Waals surface area contributed by atoms with E-state index in [1.807, 2.05) is 0 Å². The van der Waals surface area contributed by atoms with Crippen LogP contribution in [0.4, 0.5) is 18.9 Å². The number of ether oxygens (including phenoxy) is 2. The molecule has 0 radical (unpaired) electrons. The molecule has 3 aromatic rings. The van der Waals surface area contributed by atoms with Crippen LogP contribution < -0.4 is 20.5 Å². The van der Waals surface area contributed by atoms with E-state index in [1.165, 1.54) is 24.5 Å². The molecule has 0 unspecified atom stereocenters. The van der Waals surface area contributed by atoms with Crippen molar-refractivity contribution in [2.45, 2.75) is 12.8 Å². The number of carbonyl (C=O) groups is 2. The minimum atomic E-state index is -4.49. The number of anilines is 1.